The lowest BCUT2D eigenvalue weighted by Crippen LogP contribution is -2.53. The first kappa shape index (κ1) is 15.4. The maximum Gasteiger partial charge on any atom is 0.246 e. The second-order valence-electron chi connectivity index (χ2n) is 5.78. The molecule has 6 nitrogen and oxygen atoms in total. The van der Waals surface area contributed by atoms with Crippen molar-refractivity contribution in [1.82, 2.24) is 9.80 Å². The smallest absolute Gasteiger partial charge is 0.246 e. The average Bonchev–Trinajstić information content (AvgIpc) is 2.61. The summed E-state index contributed by atoms with van der Waals surface area (Å²) in [5.74, 6) is 0.0561. The summed E-state index contributed by atoms with van der Waals surface area (Å²) in [6.45, 7) is 7.88. The number of carbonyl (C=O) groups excluding carboxylic acids is 2. The molecule has 2 aliphatic heterocycles. The molecule has 1 saturated heterocycles. The molecule has 122 valence electrons. The standard InChI is InChI=1S/C17H22N4O2/c1-2-16(22)19-9-11-20(12-10-19)17(23)13-21-8-7-18-14-5-3-4-6-15(14)21/h2-6,18H,1,7-13H2. The molecule has 23 heavy (non-hydrogen) atoms. The molecule has 1 aromatic rings. The molecule has 3 rings (SSSR count). The van der Waals surface area contributed by atoms with Gasteiger partial charge in [0, 0.05) is 39.3 Å². The Labute approximate surface area is 136 Å². The number of nitrogens with zero attached hydrogens (tertiary/aromatic N) is 3. The Morgan fingerprint density at radius 3 is 2.52 bits per heavy atom. The summed E-state index contributed by atoms with van der Waals surface area (Å²) in [4.78, 5) is 29.8. The van der Waals surface area contributed by atoms with Crippen LogP contribution in [0.1, 0.15) is 0 Å². The summed E-state index contributed by atoms with van der Waals surface area (Å²) in [7, 11) is 0. The Bertz CT molecular complexity index is 608. The van der Waals surface area contributed by atoms with Crippen LogP contribution in [0.5, 0.6) is 0 Å². The lowest BCUT2D eigenvalue weighted by atomic mass is 10.2. The molecule has 0 saturated carbocycles. The zero-order chi connectivity index (χ0) is 16.2. The second kappa shape index (κ2) is 6.73. The number of amides is 2. The molecule has 1 fully saturated rings. The zero-order valence-electron chi connectivity index (χ0n) is 13.2. The van der Waals surface area contributed by atoms with Gasteiger partial charge in [-0.25, -0.2) is 0 Å². The first-order chi connectivity index (χ1) is 11.2. The first-order valence-corrected chi connectivity index (χ1v) is 7.96. The van der Waals surface area contributed by atoms with Crippen molar-refractivity contribution in [3.63, 3.8) is 0 Å². The van der Waals surface area contributed by atoms with Gasteiger partial charge in [0.1, 0.15) is 0 Å². The molecule has 0 aliphatic carbocycles. The highest BCUT2D eigenvalue weighted by molar-refractivity contribution is 5.88. The summed E-state index contributed by atoms with van der Waals surface area (Å²) in [5.41, 5.74) is 2.15. The lowest BCUT2D eigenvalue weighted by molar-refractivity contribution is -0.136. The van der Waals surface area contributed by atoms with Gasteiger partial charge in [0.25, 0.3) is 0 Å². The number of hydrogen-bond donors (Lipinski definition) is 1. The summed E-state index contributed by atoms with van der Waals surface area (Å²) in [5, 5.41) is 3.35. The second-order valence-corrected chi connectivity index (χ2v) is 5.78. The SMILES string of the molecule is C=CC(=O)N1CCN(C(=O)CN2CCNc3ccccc32)CC1. The molecule has 0 bridgehead atoms. The highest BCUT2D eigenvalue weighted by Crippen LogP contribution is 2.28. The van der Waals surface area contributed by atoms with Gasteiger partial charge < -0.3 is 20.0 Å². The van der Waals surface area contributed by atoms with E-state index in [2.05, 4.69) is 16.8 Å². The fourth-order valence-corrected chi connectivity index (χ4v) is 3.08. The molecule has 2 heterocycles. The van der Waals surface area contributed by atoms with Crippen molar-refractivity contribution in [3.05, 3.63) is 36.9 Å². The molecule has 6 heteroatoms. The van der Waals surface area contributed by atoms with E-state index in [4.69, 9.17) is 0 Å². The highest BCUT2D eigenvalue weighted by atomic mass is 16.2. The number of fused-ring (bicyclic) bond motifs is 1. The molecule has 1 aromatic carbocycles. The third kappa shape index (κ3) is 3.31. The van der Waals surface area contributed by atoms with E-state index < -0.39 is 0 Å². The van der Waals surface area contributed by atoms with E-state index in [1.54, 1.807) is 4.90 Å². The van der Waals surface area contributed by atoms with E-state index in [1.165, 1.54) is 6.08 Å². The fourth-order valence-electron chi connectivity index (χ4n) is 3.08. The van der Waals surface area contributed by atoms with Crippen LogP contribution in [-0.2, 0) is 9.59 Å². The molecule has 0 atom stereocenters. The number of nitrogens with one attached hydrogen (secondary N) is 1. The van der Waals surface area contributed by atoms with Crippen molar-refractivity contribution >= 4 is 23.2 Å². The first-order valence-electron chi connectivity index (χ1n) is 7.96. The van der Waals surface area contributed by atoms with E-state index in [-0.39, 0.29) is 11.8 Å². The van der Waals surface area contributed by atoms with Gasteiger partial charge in [-0.05, 0) is 18.2 Å². The normalized spacial score (nSPS) is 17.3. The molecule has 0 radical (unpaired) electrons. The van der Waals surface area contributed by atoms with E-state index in [0.29, 0.717) is 32.7 Å². The van der Waals surface area contributed by atoms with Crippen LogP contribution >= 0.6 is 0 Å². The van der Waals surface area contributed by atoms with Crippen LogP contribution < -0.4 is 10.2 Å². The van der Waals surface area contributed by atoms with Crippen LogP contribution in [0, 0.1) is 0 Å². The monoisotopic (exact) mass is 314 g/mol. The Morgan fingerprint density at radius 2 is 1.78 bits per heavy atom. The fraction of sp³-hybridized carbons (Fsp3) is 0.412. The van der Waals surface area contributed by atoms with Gasteiger partial charge in [-0.2, -0.15) is 0 Å². The third-order valence-electron chi connectivity index (χ3n) is 4.39. The Balaban J connectivity index is 1.59. The minimum atomic E-state index is -0.0619. The van der Waals surface area contributed by atoms with Crippen molar-refractivity contribution in [1.29, 1.82) is 0 Å². The maximum atomic E-state index is 12.6. The van der Waals surface area contributed by atoms with Crippen molar-refractivity contribution in [2.24, 2.45) is 0 Å². The lowest BCUT2D eigenvalue weighted by Gasteiger charge is -2.37. The largest absolute Gasteiger partial charge is 0.382 e. The summed E-state index contributed by atoms with van der Waals surface area (Å²) >= 11 is 0. The summed E-state index contributed by atoms with van der Waals surface area (Å²) < 4.78 is 0. The zero-order valence-corrected chi connectivity index (χ0v) is 13.2. The van der Waals surface area contributed by atoms with Gasteiger partial charge in [0.15, 0.2) is 0 Å². The van der Waals surface area contributed by atoms with Crippen molar-refractivity contribution in [2.75, 3.05) is 56.0 Å². The van der Waals surface area contributed by atoms with Crippen LogP contribution in [0.25, 0.3) is 0 Å². The van der Waals surface area contributed by atoms with Gasteiger partial charge in [-0.1, -0.05) is 18.7 Å². The molecule has 0 aromatic heterocycles. The van der Waals surface area contributed by atoms with Crippen LogP contribution in [-0.4, -0.2) is 67.4 Å². The molecule has 0 spiro atoms. The van der Waals surface area contributed by atoms with E-state index in [1.807, 2.05) is 29.2 Å². The number of rotatable bonds is 3. The molecule has 1 N–H and O–H groups in total. The van der Waals surface area contributed by atoms with Gasteiger partial charge in [0.2, 0.25) is 11.8 Å². The van der Waals surface area contributed by atoms with Gasteiger partial charge in [-0.3, -0.25) is 9.59 Å². The van der Waals surface area contributed by atoms with E-state index >= 15 is 0 Å². The molecule has 0 unspecified atom stereocenters. The molecule has 2 amide bonds. The van der Waals surface area contributed by atoms with Crippen molar-refractivity contribution < 1.29 is 9.59 Å². The third-order valence-corrected chi connectivity index (χ3v) is 4.39. The Kier molecular flexibility index (Phi) is 4.50. The van der Waals surface area contributed by atoms with Crippen LogP contribution in [0.2, 0.25) is 0 Å². The Hall–Kier alpha value is -2.50. The summed E-state index contributed by atoms with van der Waals surface area (Å²) in [6.07, 6.45) is 1.33. The minimum absolute atomic E-state index is 0.0619. The van der Waals surface area contributed by atoms with Crippen LogP contribution in [0.4, 0.5) is 11.4 Å². The topological polar surface area (TPSA) is 55.9 Å². The minimum Gasteiger partial charge on any atom is -0.382 e. The van der Waals surface area contributed by atoms with E-state index in [9.17, 15) is 9.59 Å². The number of benzene rings is 1. The number of hydrogen-bond acceptors (Lipinski definition) is 4. The van der Waals surface area contributed by atoms with Gasteiger partial charge in [-0.15, -0.1) is 0 Å². The van der Waals surface area contributed by atoms with Gasteiger partial charge in [0.05, 0.1) is 17.9 Å². The number of carbonyl (C=O) groups is 2. The van der Waals surface area contributed by atoms with E-state index in [0.717, 1.165) is 24.5 Å². The predicted molar refractivity (Wildman–Crippen MR) is 90.5 cm³/mol. The number of anilines is 2. The average molecular weight is 314 g/mol. The summed E-state index contributed by atoms with van der Waals surface area (Å²) in [6, 6.07) is 8.05. The molecular formula is C17H22N4O2. The highest BCUT2D eigenvalue weighted by Gasteiger charge is 2.25. The van der Waals surface area contributed by atoms with Crippen LogP contribution in [0.3, 0.4) is 0 Å². The number of para-hydroxylation sites is 2. The molecule has 2 aliphatic rings. The van der Waals surface area contributed by atoms with Crippen molar-refractivity contribution in [2.45, 2.75) is 0 Å². The molecular weight excluding hydrogens is 292 g/mol. The Morgan fingerprint density at radius 1 is 1.09 bits per heavy atom. The van der Waals surface area contributed by atoms with Crippen molar-refractivity contribution in [3.8, 4) is 0 Å². The number of piperazine rings is 1. The predicted octanol–water partition coefficient (Wildman–Crippen LogP) is 0.775. The quantitative estimate of drug-likeness (QED) is 0.838. The van der Waals surface area contributed by atoms with Gasteiger partial charge >= 0.3 is 0 Å². The maximum absolute atomic E-state index is 12.6. The van der Waals surface area contributed by atoms with Crippen LogP contribution in [0.15, 0.2) is 36.9 Å².